The minimum absolute atomic E-state index is 0.0150. The number of benzene rings is 2. The van der Waals surface area contributed by atoms with Crippen LogP contribution in [0.15, 0.2) is 36.4 Å². The zero-order valence-corrected chi connectivity index (χ0v) is 23.0. The summed E-state index contributed by atoms with van der Waals surface area (Å²) in [5.74, 6) is 1.56. The number of halogens is 3. The van der Waals surface area contributed by atoms with Crippen LogP contribution >= 0.6 is 34.8 Å². The van der Waals surface area contributed by atoms with Crippen LogP contribution in [0.25, 0.3) is 0 Å². The molecule has 0 saturated carbocycles. The summed E-state index contributed by atoms with van der Waals surface area (Å²) in [7, 11) is 3.90. The molecule has 1 amide bonds. The van der Waals surface area contributed by atoms with Gasteiger partial charge in [-0.05, 0) is 88.0 Å². The molecule has 2 heterocycles. The van der Waals surface area contributed by atoms with Crippen molar-refractivity contribution in [1.29, 1.82) is 0 Å². The van der Waals surface area contributed by atoms with E-state index in [2.05, 4.69) is 34.2 Å². The molecule has 8 heteroatoms. The number of hydrogen-bond acceptors (Lipinski definition) is 4. The smallest absolute Gasteiger partial charge is 0.236 e. The summed E-state index contributed by atoms with van der Waals surface area (Å²) in [5.41, 5.74) is 3.06. The molecule has 2 aromatic carbocycles. The first-order valence-electron chi connectivity index (χ1n) is 12.4. The molecule has 2 saturated heterocycles. The Morgan fingerprint density at radius 1 is 1.00 bits per heavy atom. The van der Waals surface area contributed by atoms with Crippen LogP contribution in [-0.2, 0) is 4.79 Å². The maximum absolute atomic E-state index is 12.4. The van der Waals surface area contributed by atoms with Crippen LogP contribution in [0.3, 0.4) is 0 Å². The van der Waals surface area contributed by atoms with Gasteiger partial charge in [-0.1, -0.05) is 40.9 Å². The van der Waals surface area contributed by atoms with E-state index in [4.69, 9.17) is 34.8 Å². The zero-order chi connectivity index (χ0) is 25.1. The van der Waals surface area contributed by atoms with Gasteiger partial charge >= 0.3 is 0 Å². The van der Waals surface area contributed by atoms with Crippen LogP contribution in [0.1, 0.15) is 37.8 Å². The fraction of sp³-hybridized carbons (Fsp3) is 0.519. The first-order chi connectivity index (χ1) is 16.7. The Labute approximate surface area is 224 Å². The van der Waals surface area contributed by atoms with Gasteiger partial charge in [-0.15, -0.1) is 0 Å². The van der Waals surface area contributed by atoms with Gasteiger partial charge in [0.2, 0.25) is 5.91 Å². The summed E-state index contributed by atoms with van der Waals surface area (Å²) >= 11 is 19.0. The van der Waals surface area contributed by atoms with Crippen LogP contribution in [0.4, 0.5) is 11.4 Å². The average molecular weight is 538 g/mol. The van der Waals surface area contributed by atoms with Crippen LogP contribution in [0.2, 0.25) is 15.1 Å². The van der Waals surface area contributed by atoms with Crippen molar-refractivity contribution in [2.45, 2.75) is 32.2 Å². The fourth-order valence-corrected chi connectivity index (χ4v) is 6.13. The molecule has 35 heavy (non-hydrogen) atoms. The third kappa shape index (κ3) is 6.56. The molecule has 0 radical (unpaired) electrons. The fourth-order valence-electron chi connectivity index (χ4n) is 5.38. The Kier molecular flexibility index (Phi) is 8.75. The minimum Gasteiger partial charge on any atom is -0.377 e. The van der Waals surface area contributed by atoms with Crippen LogP contribution in [0, 0.1) is 11.8 Å². The van der Waals surface area contributed by atoms with Crippen LogP contribution < -0.4 is 10.2 Å². The van der Waals surface area contributed by atoms with Gasteiger partial charge in [0.15, 0.2) is 0 Å². The Morgan fingerprint density at radius 3 is 2.40 bits per heavy atom. The zero-order valence-electron chi connectivity index (χ0n) is 20.7. The number of piperidine rings is 1. The predicted octanol–water partition coefficient (Wildman–Crippen LogP) is 6.45. The highest BCUT2D eigenvalue weighted by Crippen LogP contribution is 2.36. The maximum Gasteiger partial charge on any atom is 0.236 e. The first kappa shape index (κ1) is 26.4. The normalized spacial score (nSPS) is 19.9. The highest BCUT2D eigenvalue weighted by atomic mass is 35.5. The first-order valence-corrected chi connectivity index (χ1v) is 13.5. The van der Waals surface area contributed by atoms with Gasteiger partial charge in [-0.25, -0.2) is 0 Å². The lowest BCUT2D eigenvalue weighted by Gasteiger charge is -2.36. The predicted molar refractivity (Wildman–Crippen MR) is 148 cm³/mol. The van der Waals surface area contributed by atoms with E-state index < -0.39 is 0 Å². The van der Waals surface area contributed by atoms with Gasteiger partial charge in [-0.2, -0.15) is 0 Å². The van der Waals surface area contributed by atoms with Crippen molar-refractivity contribution in [2.75, 3.05) is 57.0 Å². The van der Waals surface area contributed by atoms with Crippen LogP contribution in [-0.4, -0.2) is 62.5 Å². The lowest BCUT2D eigenvalue weighted by atomic mass is 9.83. The summed E-state index contributed by atoms with van der Waals surface area (Å²) in [5, 5.41) is 5.47. The summed E-state index contributed by atoms with van der Waals surface area (Å²) in [4.78, 5) is 18.9. The second-order valence-corrected chi connectivity index (χ2v) is 11.4. The van der Waals surface area contributed by atoms with Crippen LogP contribution in [0.5, 0.6) is 0 Å². The molecule has 2 aromatic rings. The standard InChI is InChI=1S/C27H35Cl3N4O/c1-18(23-6-4-21(28)14-25(23)30)31-26-15-22(5-7-24(26)29)33-11-8-19(9-12-33)20-10-13-34(16-20)27(35)17-32(2)3/h4-7,14-15,18-20,31H,8-13,16-17H2,1-3H3. The van der Waals surface area contributed by atoms with Crippen molar-refractivity contribution in [2.24, 2.45) is 11.8 Å². The molecule has 2 fully saturated rings. The lowest BCUT2D eigenvalue weighted by molar-refractivity contribution is -0.131. The quantitative estimate of drug-likeness (QED) is 0.441. The third-order valence-electron chi connectivity index (χ3n) is 7.35. The van der Waals surface area contributed by atoms with Gasteiger partial charge in [0.05, 0.1) is 23.3 Å². The van der Waals surface area contributed by atoms with Crippen molar-refractivity contribution in [3.05, 3.63) is 57.0 Å². The molecule has 1 N–H and O–H groups in total. The average Bonchev–Trinajstić information content (AvgIpc) is 3.31. The number of anilines is 2. The largest absolute Gasteiger partial charge is 0.377 e. The van der Waals surface area contributed by atoms with E-state index in [9.17, 15) is 4.79 Å². The molecule has 0 aliphatic carbocycles. The number of likely N-dealkylation sites (tertiary alicyclic amines) is 1. The van der Waals surface area contributed by atoms with Gasteiger partial charge in [0.25, 0.3) is 0 Å². The Bertz CT molecular complexity index is 1040. The topological polar surface area (TPSA) is 38.8 Å². The van der Waals surface area contributed by atoms with E-state index in [1.165, 1.54) is 5.69 Å². The molecular weight excluding hydrogens is 503 g/mol. The summed E-state index contributed by atoms with van der Waals surface area (Å²) in [6, 6.07) is 11.8. The number of amides is 1. The Hall–Kier alpha value is -1.66. The Morgan fingerprint density at radius 2 is 1.71 bits per heavy atom. The Balaban J connectivity index is 1.35. The number of rotatable bonds is 7. The molecule has 0 spiro atoms. The number of likely N-dealkylation sites (N-methyl/N-ethyl adjacent to an activating group) is 1. The molecule has 2 aliphatic heterocycles. The molecular formula is C27H35Cl3N4O. The van der Waals surface area contributed by atoms with Gasteiger partial charge < -0.3 is 20.0 Å². The molecule has 2 atom stereocenters. The highest BCUT2D eigenvalue weighted by Gasteiger charge is 2.33. The van der Waals surface area contributed by atoms with Crippen molar-refractivity contribution >= 4 is 52.1 Å². The number of hydrogen-bond donors (Lipinski definition) is 1. The second kappa shape index (κ2) is 11.6. The van der Waals surface area contributed by atoms with E-state index in [1.807, 2.05) is 37.2 Å². The SMILES string of the molecule is CC(Nc1cc(N2CCC(C3CCN(C(=O)CN(C)C)C3)CC2)ccc1Cl)c1ccc(Cl)cc1Cl. The molecule has 190 valence electrons. The molecule has 2 aliphatic rings. The van der Waals surface area contributed by atoms with Gasteiger partial charge in [-0.3, -0.25) is 4.79 Å². The highest BCUT2D eigenvalue weighted by molar-refractivity contribution is 6.35. The second-order valence-electron chi connectivity index (χ2n) is 10.1. The van der Waals surface area contributed by atoms with E-state index in [1.54, 1.807) is 6.07 Å². The van der Waals surface area contributed by atoms with Crippen molar-refractivity contribution < 1.29 is 4.79 Å². The number of nitrogens with zero attached hydrogens (tertiary/aromatic N) is 3. The van der Waals surface area contributed by atoms with E-state index >= 15 is 0 Å². The summed E-state index contributed by atoms with van der Waals surface area (Å²) in [6.07, 6.45) is 3.44. The number of carbonyl (C=O) groups excluding carboxylic acids is 1. The monoisotopic (exact) mass is 536 g/mol. The van der Waals surface area contributed by atoms with Crippen molar-refractivity contribution in [3.63, 3.8) is 0 Å². The third-order valence-corrected chi connectivity index (χ3v) is 8.24. The van der Waals surface area contributed by atoms with Crippen molar-refractivity contribution in [3.8, 4) is 0 Å². The molecule has 5 nitrogen and oxygen atoms in total. The molecule has 4 rings (SSSR count). The summed E-state index contributed by atoms with van der Waals surface area (Å²) in [6.45, 7) is 6.43. The summed E-state index contributed by atoms with van der Waals surface area (Å²) < 4.78 is 0. The molecule has 0 bridgehead atoms. The lowest BCUT2D eigenvalue weighted by Crippen LogP contribution is -2.39. The van der Waals surface area contributed by atoms with E-state index in [-0.39, 0.29) is 11.9 Å². The maximum atomic E-state index is 12.4. The van der Waals surface area contributed by atoms with Crippen molar-refractivity contribution in [1.82, 2.24) is 9.80 Å². The van der Waals surface area contributed by atoms with E-state index in [0.717, 1.165) is 56.7 Å². The minimum atomic E-state index is -0.0150. The number of nitrogens with one attached hydrogen (secondary N) is 1. The van der Waals surface area contributed by atoms with Gasteiger partial charge in [0, 0.05) is 41.9 Å². The molecule has 2 unspecified atom stereocenters. The molecule has 0 aromatic heterocycles. The van der Waals surface area contributed by atoms with E-state index in [0.29, 0.717) is 33.4 Å². The number of carbonyl (C=O) groups is 1. The van der Waals surface area contributed by atoms with Gasteiger partial charge in [0.1, 0.15) is 0 Å².